The molecule has 0 aliphatic carbocycles. The summed E-state index contributed by atoms with van der Waals surface area (Å²) in [6, 6.07) is 5.92. The second-order valence-electron chi connectivity index (χ2n) is 3.29. The quantitative estimate of drug-likeness (QED) is 0.701. The first-order valence-corrected chi connectivity index (χ1v) is 4.83. The van der Waals surface area contributed by atoms with Crippen molar-refractivity contribution in [1.29, 1.82) is 0 Å². The molecule has 0 aliphatic rings. The van der Waals surface area contributed by atoms with Crippen molar-refractivity contribution >= 4 is 11.6 Å². The van der Waals surface area contributed by atoms with E-state index in [1.807, 2.05) is 32.2 Å². The molecule has 0 spiro atoms. The Morgan fingerprint density at radius 1 is 1.29 bits per heavy atom. The van der Waals surface area contributed by atoms with Crippen LogP contribution in [0.5, 0.6) is 0 Å². The van der Waals surface area contributed by atoms with Crippen LogP contribution >= 0.6 is 11.6 Å². The molecule has 3 heteroatoms. The predicted octanol–water partition coefficient (Wildman–Crippen LogP) is 3.14. The molecule has 0 bridgehead atoms. The summed E-state index contributed by atoms with van der Waals surface area (Å²) in [5, 5.41) is 4.92. The summed E-state index contributed by atoms with van der Waals surface area (Å²) in [4.78, 5) is 0. The Morgan fingerprint density at radius 3 is 2.71 bits per heavy atom. The van der Waals surface area contributed by atoms with Crippen molar-refractivity contribution in [2.24, 2.45) is 0 Å². The minimum atomic E-state index is 0.772. The SMILES string of the molecule is Cc1ccc(-n2cccn2)c(Cl)c1C. The predicted molar refractivity (Wildman–Crippen MR) is 58.0 cm³/mol. The molecule has 0 unspecified atom stereocenters. The van der Waals surface area contributed by atoms with Gasteiger partial charge in [0.15, 0.2) is 0 Å². The van der Waals surface area contributed by atoms with Gasteiger partial charge < -0.3 is 0 Å². The Hall–Kier alpha value is -1.28. The number of aryl methyl sites for hydroxylation is 1. The molecular formula is C11H11ClN2. The van der Waals surface area contributed by atoms with Crippen molar-refractivity contribution in [1.82, 2.24) is 9.78 Å². The molecule has 2 aromatic rings. The Balaban J connectivity index is 2.61. The van der Waals surface area contributed by atoms with Gasteiger partial charge in [-0.25, -0.2) is 4.68 Å². The van der Waals surface area contributed by atoms with Crippen LogP contribution in [-0.4, -0.2) is 9.78 Å². The van der Waals surface area contributed by atoms with Gasteiger partial charge in [-0.3, -0.25) is 0 Å². The molecule has 0 saturated heterocycles. The van der Waals surface area contributed by atoms with E-state index in [2.05, 4.69) is 11.2 Å². The minimum absolute atomic E-state index is 0.772. The lowest BCUT2D eigenvalue weighted by Gasteiger charge is -2.08. The molecule has 0 aliphatic heterocycles. The highest BCUT2D eigenvalue weighted by Crippen LogP contribution is 2.25. The monoisotopic (exact) mass is 206 g/mol. The molecule has 2 rings (SSSR count). The fourth-order valence-corrected chi connectivity index (χ4v) is 1.65. The molecule has 14 heavy (non-hydrogen) atoms. The highest BCUT2D eigenvalue weighted by molar-refractivity contribution is 6.33. The highest BCUT2D eigenvalue weighted by Gasteiger charge is 2.06. The molecule has 0 amide bonds. The maximum Gasteiger partial charge on any atom is 0.0834 e. The maximum atomic E-state index is 6.23. The van der Waals surface area contributed by atoms with E-state index in [1.54, 1.807) is 10.9 Å². The fraction of sp³-hybridized carbons (Fsp3) is 0.182. The second-order valence-corrected chi connectivity index (χ2v) is 3.67. The van der Waals surface area contributed by atoms with Crippen LogP contribution in [0.2, 0.25) is 5.02 Å². The highest BCUT2D eigenvalue weighted by atomic mass is 35.5. The first-order chi connectivity index (χ1) is 6.70. The number of halogens is 1. The Morgan fingerprint density at radius 2 is 2.07 bits per heavy atom. The summed E-state index contributed by atoms with van der Waals surface area (Å²) >= 11 is 6.23. The minimum Gasteiger partial charge on any atom is -0.239 e. The van der Waals surface area contributed by atoms with Gasteiger partial charge in [-0.2, -0.15) is 5.10 Å². The number of rotatable bonds is 1. The van der Waals surface area contributed by atoms with Crippen molar-refractivity contribution in [3.05, 3.63) is 46.7 Å². The zero-order valence-corrected chi connectivity index (χ0v) is 8.92. The van der Waals surface area contributed by atoms with Gasteiger partial charge in [0.2, 0.25) is 0 Å². The van der Waals surface area contributed by atoms with Gasteiger partial charge >= 0.3 is 0 Å². The van der Waals surface area contributed by atoms with Gasteiger partial charge in [-0.15, -0.1) is 0 Å². The molecule has 1 aromatic carbocycles. The van der Waals surface area contributed by atoms with Gasteiger partial charge in [-0.1, -0.05) is 17.7 Å². The summed E-state index contributed by atoms with van der Waals surface area (Å²) in [6.07, 6.45) is 3.63. The lowest BCUT2D eigenvalue weighted by molar-refractivity contribution is 0.878. The summed E-state index contributed by atoms with van der Waals surface area (Å²) < 4.78 is 1.77. The van der Waals surface area contributed by atoms with E-state index in [0.717, 1.165) is 16.3 Å². The van der Waals surface area contributed by atoms with Gasteiger partial charge in [0.25, 0.3) is 0 Å². The summed E-state index contributed by atoms with van der Waals surface area (Å²) in [5.41, 5.74) is 3.24. The van der Waals surface area contributed by atoms with Crippen molar-refractivity contribution in [3.8, 4) is 5.69 Å². The van der Waals surface area contributed by atoms with Crippen LogP contribution in [0.25, 0.3) is 5.69 Å². The van der Waals surface area contributed by atoms with Gasteiger partial charge in [0, 0.05) is 12.4 Å². The zero-order valence-electron chi connectivity index (χ0n) is 8.16. The van der Waals surface area contributed by atoms with Crippen LogP contribution in [0.15, 0.2) is 30.6 Å². The molecule has 0 N–H and O–H groups in total. The molecule has 2 nitrogen and oxygen atoms in total. The van der Waals surface area contributed by atoms with Crippen LogP contribution in [0.3, 0.4) is 0 Å². The lowest BCUT2D eigenvalue weighted by Crippen LogP contribution is -1.97. The van der Waals surface area contributed by atoms with Crippen LogP contribution < -0.4 is 0 Å². The van der Waals surface area contributed by atoms with Crippen molar-refractivity contribution in [2.75, 3.05) is 0 Å². The summed E-state index contributed by atoms with van der Waals surface area (Å²) in [5.74, 6) is 0. The van der Waals surface area contributed by atoms with Crippen molar-refractivity contribution in [2.45, 2.75) is 13.8 Å². The molecule has 0 atom stereocenters. The van der Waals surface area contributed by atoms with Gasteiger partial charge in [0.05, 0.1) is 10.7 Å². The van der Waals surface area contributed by atoms with E-state index >= 15 is 0 Å². The molecule has 72 valence electrons. The second kappa shape index (κ2) is 3.46. The smallest absolute Gasteiger partial charge is 0.0834 e. The van der Waals surface area contributed by atoms with Crippen molar-refractivity contribution in [3.63, 3.8) is 0 Å². The standard InChI is InChI=1S/C11H11ClN2/c1-8-4-5-10(11(12)9(8)2)14-7-3-6-13-14/h3-7H,1-2H3. The fourth-order valence-electron chi connectivity index (χ4n) is 1.36. The summed E-state index contributed by atoms with van der Waals surface area (Å²) in [7, 11) is 0. The van der Waals surface area contributed by atoms with E-state index in [9.17, 15) is 0 Å². The molecule has 1 aromatic heterocycles. The zero-order chi connectivity index (χ0) is 10.1. The van der Waals surface area contributed by atoms with Crippen LogP contribution in [0, 0.1) is 13.8 Å². The third-order valence-electron chi connectivity index (χ3n) is 2.39. The van der Waals surface area contributed by atoms with E-state index in [1.165, 1.54) is 5.56 Å². The third kappa shape index (κ3) is 1.42. The largest absolute Gasteiger partial charge is 0.239 e. The molecular weight excluding hydrogens is 196 g/mol. The molecule has 0 fully saturated rings. The van der Waals surface area contributed by atoms with E-state index in [4.69, 9.17) is 11.6 Å². The Bertz CT molecular complexity index is 447. The van der Waals surface area contributed by atoms with Crippen LogP contribution in [-0.2, 0) is 0 Å². The first-order valence-electron chi connectivity index (χ1n) is 4.46. The van der Waals surface area contributed by atoms with Crippen LogP contribution in [0.4, 0.5) is 0 Å². The number of nitrogens with zero attached hydrogens (tertiary/aromatic N) is 2. The van der Waals surface area contributed by atoms with Gasteiger partial charge in [-0.05, 0) is 37.1 Å². The van der Waals surface area contributed by atoms with E-state index in [0.29, 0.717) is 0 Å². The number of hydrogen-bond donors (Lipinski definition) is 0. The first kappa shape index (κ1) is 9.28. The van der Waals surface area contributed by atoms with Gasteiger partial charge in [0.1, 0.15) is 0 Å². The third-order valence-corrected chi connectivity index (χ3v) is 2.87. The molecule has 0 saturated carbocycles. The number of benzene rings is 1. The molecule has 0 radical (unpaired) electrons. The number of aromatic nitrogens is 2. The average molecular weight is 207 g/mol. The number of hydrogen-bond acceptors (Lipinski definition) is 1. The van der Waals surface area contributed by atoms with Crippen molar-refractivity contribution < 1.29 is 0 Å². The Labute approximate surface area is 88.1 Å². The lowest BCUT2D eigenvalue weighted by atomic mass is 10.1. The topological polar surface area (TPSA) is 17.8 Å². The van der Waals surface area contributed by atoms with E-state index in [-0.39, 0.29) is 0 Å². The Kier molecular flexibility index (Phi) is 2.30. The summed E-state index contributed by atoms with van der Waals surface area (Å²) in [6.45, 7) is 4.07. The van der Waals surface area contributed by atoms with E-state index < -0.39 is 0 Å². The maximum absolute atomic E-state index is 6.23. The van der Waals surface area contributed by atoms with Crippen LogP contribution in [0.1, 0.15) is 11.1 Å². The average Bonchev–Trinajstić information content (AvgIpc) is 2.67. The molecule has 1 heterocycles. The normalized spacial score (nSPS) is 10.5.